The Morgan fingerprint density at radius 3 is 2.60 bits per heavy atom. The molecule has 2 heterocycles. The standard InChI is InChI=1S/C21H20Cl2F3N3O/c22-15-3-12(4-16(23)8-15)19-5-13(19)6-20(30)28-17-1-2-29(11-17)18-7-14(9-27-10-18)21(24,25)26/h3-4,7-10,13,17,19H,1-2,5-6,11H2,(H,28,30)/t13-,17+,19-/m0/s1. The van der Waals surface area contributed by atoms with E-state index < -0.39 is 11.7 Å². The van der Waals surface area contributed by atoms with Gasteiger partial charge in [0, 0.05) is 41.8 Å². The van der Waals surface area contributed by atoms with Gasteiger partial charge in [-0.05, 0) is 54.5 Å². The minimum atomic E-state index is -4.43. The van der Waals surface area contributed by atoms with E-state index in [1.54, 1.807) is 6.07 Å². The minimum absolute atomic E-state index is 0.0374. The summed E-state index contributed by atoms with van der Waals surface area (Å²) in [5.74, 6) is 0.498. The summed E-state index contributed by atoms with van der Waals surface area (Å²) in [5.41, 5.74) is 0.699. The third kappa shape index (κ3) is 5.01. The van der Waals surface area contributed by atoms with Gasteiger partial charge in [0.2, 0.25) is 5.91 Å². The van der Waals surface area contributed by atoms with Crippen molar-refractivity contribution in [2.75, 3.05) is 18.0 Å². The molecule has 1 aromatic carbocycles. The lowest BCUT2D eigenvalue weighted by atomic mass is 10.1. The first-order valence-electron chi connectivity index (χ1n) is 9.71. The van der Waals surface area contributed by atoms with Gasteiger partial charge in [-0.3, -0.25) is 9.78 Å². The molecule has 1 N–H and O–H groups in total. The minimum Gasteiger partial charge on any atom is -0.368 e. The maximum atomic E-state index is 12.9. The number of benzene rings is 1. The summed E-state index contributed by atoms with van der Waals surface area (Å²) < 4.78 is 38.7. The molecule has 4 rings (SSSR count). The Balaban J connectivity index is 1.29. The van der Waals surface area contributed by atoms with Crippen LogP contribution in [0.25, 0.3) is 0 Å². The topological polar surface area (TPSA) is 45.2 Å². The van der Waals surface area contributed by atoms with Crippen LogP contribution in [0.3, 0.4) is 0 Å². The summed E-state index contributed by atoms with van der Waals surface area (Å²) in [6.07, 6.45) is -0.181. The third-order valence-electron chi connectivity index (χ3n) is 5.65. The van der Waals surface area contributed by atoms with Crippen molar-refractivity contribution >= 4 is 34.8 Å². The summed E-state index contributed by atoms with van der Waals surface area (Å²) >= 11 is 12.1. The Morgan fingerprint density at radius 2 is 1.90 bits per heavy atom. The van der Waals surface area contributed by atoms with Crippen LogP contribution in [-0.2, 0) is 11.0 Å². The van der Waals surface area contributed by atoms with Crippen LogP contribution in [0.1, 0.15) is 36.3 Å². The lowest BCUT2D eigenvalue weighted by Crippen LogP contribution is -2.37. The molecule has 0 bridgehead atoms. The molecule has 4 nitrogen and oxygen atoms in total. The van der Waals surface area contributed by atoms with Gasteiger partial charge in [-0.15, -0.1) is 0 Å². The number of hydrogen-bond acceptors (Lipinski definition) is 3. The zero-order valence-corrected chi connectivity index (χ0v) is 17.4. The lowest BCUT2D eigenvalue weighted by Gasteiger charge is -2.20. The van der Waals surface area contributed by atoms with E-state index in [0.29, 0.717) is 41.7 Å². The molecule has 1 aromatic heterocycles. The number of nitrogens with zero attached hydrogens (tertiary/aromatic N) is 2. The average Bonchev–Trinajstić information content (AvgIpc) is 3.26. The second kappa shape index (κ2) is 8.27. The number of amides is 1. The smallest absolute Gasteiger partial charge is 0.368 e. The Kier molecular flexibility index (Phi) is 5.86. The number of aromatic nitrogens is 1. The van der Waals surface area contributed by atoms with Gasteiger partial charge in [0.15, 0.2) is 0 Å². The van der Waals surface area contributed by atoms with Crippen molar-refractivity contribution < 1.29 is 18.0 Å². The summed E-state index contributed by atoms with van der Waals surface area (Å²) in [6.45, 7) is 1.04. The molecule has 160 valence electrons. The SMILES string of the molecule is O=C(C[C@@H]1C[C@H]1c1cc(Cl)cc(Cl)c1)N[C@@H]1CCN(c2cncc(C(F)(F)F)c2)C1. The monoisotopic (exact) mass is 457 g/mol. The summed E-state index contributed by atoms with van der Waals surface area (Å²) in [6, 6.07) is 6.46. The Hall–Kier alpha value is -1.99. The summed E-state index contributed by atoms with van der Waals surface area (Å²) in [4.78, 5) is 18.0. The van der Waals surface area contributed by atoms with Crippen molar-refractivity contribution in [1.82, 2.24) is 10.3 Å². The first kappa shape index (κ1) is 21.2. The Bertz CT molecular complexity index is 933. The number of pyridine rings is 1. The molecule has 1 saturated heterocycles. The lowest BCUT2D eigenvalue weighted by molar-refractivity contribution is -0.137. The van der Waals surface area contributed by atoms with Crippen LogP contribution < -0.4 is 10.2 Å². The van der Waals surface area contributed by atoms with Gasteiger partial charge in [-0.25, -0.2) is 0 Å². The zero-order valence-electron chi connectivity index (χ0n) is 15.9. The molecule has 1 aliphatic heterocycles. The first-order chi connectivity index (χ1) is 14.2. The number of hydrogen-bond donors (Lipinski definition) is 1. The van der Waals surface area contributed by atoms with Gasteiger partial charge in [-0.1, -0.05) is 23.2 Å². The van der Waals surface area contributed by atoms with Crippen LogP contribution >= 0.6 is 23.2 Å². The molecule has 1 amide bonds. The van der Waals surface area contributed by atoms with Gasteiger partial charge in [-0.2, -0.15) is 13.2 Å². The van der Waals surface area contributed by atoms with Crippen LogP contribution in [0, 0.1) is 5.92 Å². The summed E-state index contributed by atoms with van der Waals surface area (Å²) in [5, 5.41) is 4.19. The highest BCUT2D eigenvalue weighted by atomic mass is 35.5. The molecule has 1 saturated carbocycles. The third-order valence-corrected chi connectivity index (χ3v) is 6.09. The number of carbonyl (C=O) groups is 1. The first-order valence-corrected chi connectivity index (χ1v) is 10.5. The van der Waals surface area contributed by atoms with Crippen molar-refractivity contribution in [3.63, 3.8) is 0 Å². The second-order valence-corrected chi connectivity index (χ2v) is 8.81. The molecule has 0 radical (unpaired) electrons. The normalized spacial score (nSPS) is 23.5. The molecule has 2 aliphatic rings. The maximum absolute atomic E-state index is 12.9. The molecule has 0 unspecified atom stereocenters. The highest BCUT2D eigenvalue weighted by Gasteiger charge is 2.40. The molecule has 2 fully saturated rings. The molecule has 9 heteroatoms. The zero-order chi connectivity index (χ0) is 21.5. The summed E-state index contributed by atoms with van der Waals surface area (Å²) in [7, 11) is 0. The van der Waals surface area contributed by atoms with E-state index in [4.69, 9.17) is 23.2 Å². The quantitative estimate of drug-likeness (QED) is 0.662. The molecule has 2 aromatic rings. The molecule has 1 aliphatic carbocycles. The van der Waals surface area contributed by atoms with Crippen LogP contribution in [0.4, 0.5) is 18.9 Å². The number of halogens is 5. The van der Waals surface area contributed by atoms with Gasteiger partial charge in [0.25, 0.3) is 0 Å². The van der Waals surface area contributed by atoms with Crippen LogP contribution in [-0.4, -0.2) is 30.0 Å². The Labute approximate surface area is 182 Å². The number of alkyl halides is 3. The van der Waals surface area contributed by atoms with E-state index in [1.165, 1.54) is 6.20 Å². The number of nitrogens with one attached hydrogen (secondary N) is 1. The predicted molar refractivity (Wildman–Crippen MR) is 110 cm³/mol. The second-order valence-electron chi connectivity index (χ2n) is 7.94. The predicted octanol–water partition coefficient (Wildman–Crippen LogP) is 5.30. The van der Waals surface area contributed by atoms with Gasteiger partial charge < -0.3 is 10.2 Å². The largest absolute Gasteiger partial charge is 0.417 e. The molecule has 30 heavy (non-hydrogen) atoms. The van der Waals surface area contributed by atoms with Gasteiger partial charge in [0.1, 0.15) is 0 Å². The number of rotatable bonds is 5. The van der Waals surface area contributed by atoms with E-state index in [0.717, 1.165) is 24.2 Å². The van der Waals surface area contributed by atoms with E-state index in [1.807, 2.05) is 17.0 Å². The van der Waals surface area contributed by atoms with E-state index in [-0.39, 0.29) is 23.8 Å². The van der Waals surface area contributed by atoms with Crippen molar-refractivity contribution in [3.05, 3.63) is 57.8 Å². The maximum Gasteiger partial charge on any atom is 0.417 e. The fraction of sp³-hybridized carbons (Fsp3) is 0.429. The van der Waals surface area contributed by atoms with Crippen molar-refractivity contribution in [2.45, 2.75) is 37.4 Å². The molecular formula is C21H20Cl2F3N3O. The van der Waals surface area contributed by atoms with Crippen molar-refractivity contribution in [1.29, 1.82) is 0 Å². The average molecular weight is 458 g/mol. The fourth-order valence-corrected chi connectivity index (χ4v) is 4.61. The highest BCUT2D eigenvalue weighted by molar-refractivity contribution is 6.34. The molecular weight excluding hydrogens is 438 g/mol. The Morgan fingerprint density at radius 1 is 1.17 bits per heavy atom. The van der Waals surface area contributed by atoms with E-state index in [2.05, 4.69) is 10.3 Å². The number of carbonyl (C=O) groups excluding carboxylic acids is 1. The van der Waals surface area contributed by atoms with Crippen LogP contribution in [0.15, 0.2) is 36.7 Å². The molecule has 3 atom stereocenters. The van der Waals surface area contributed by atoms with E-state index >= 15 is 0 Å². The van der Waals surface area contributed by atoms with Crippen LogP contribution in [0.5, 0.6) is 0 Å². The number of anilines is 1. The molecule has 0 spiro atoms. The van der Waals surface area contributed by atoms with Crippen molar-refractivity contribution in [2.24, 2.45) is 5.92 Å². The van der Waals surface area contributed by atoms with Gasteiger partial charge >= 0.3 is 6.18 Å². The van der Waals surface area contributed by atoms with Crippen LogP contribution in [0.2, 0.25) is 10.0 Å². The van der Waals surface area contributed by atoms with Gasteiger partial charge in [0.05, 0.1) is 17.4 Å². The fourth-order valence-electron chi connectivity index (χ4n) is 4.06. The van der Waals surface area contributed by atoms with E-state index in [9.17, 15) is 18.0 Å². The highest BCUT2D eigenvalue weighted by Crippen LogP contribution is 2.50. The van der Waals surface area contributed by atoms with Crippen molar-refractivity contribution in [3.8, 4) is 0 Å².